The van der Waals surface area contributed by atoms with Crippen molar-refractivity contribution in [1.29, 1.82) is 0 Å². The first-order valence-corrected chi connectivity index (χ1v) is 10.6. The van der Waals surface area contributed by atoms with Crippen LogP contribution in [-0.2, 0) is 13.1 Å². The third-order valence-corrected chi connectivity index (χ3v) is 6.70. The molecule has 0 radical (unpaired) electrons. The van der Waals surface area contributed by atoms with Gasteiger partial charge in [-0.3, -0.25) is 9.80 Å². The summed E-state index contributed by atoms with van der Waals surface area (Å²) in [6, 6.07) is 20.4. The third kappa shape index (κ3) is 3.74. The molecule has 0 aromatic heterocycles. The minimum absolute atomic E-state index is 0.721. The molecule has 1 unspecified atom stereocenters. The molecule has 3 aliphatic rings. The van der Waals surface area contributed by atoms with Crippen molar-refractivity contribution in [2.75, 3.05) is 26.2 Å². The smallest absolute Gasteiger partial charge is 0.0234 e. The zero-order valence-corrected chi connectivity index (χ0v) is 16.2. The number of likely N-dealkylation sites (tertiary alicyclic amines) is 2. The maximum absolute atomic E-state index is 2.65. The normalized spacial score (nSPS) is 25.7. The van der Waals surface area contributed by atoms with Crippen molar-refractivity contribution >= 4 is 5.57 Å². The molecule has 0 saturated carbocycles. The topological polar surface area (TPSA) is 6.48 Å². The third-order valence-electron chi connectivity index (χ3n) is 6.70. The van der Waals surface area contributed by atoms with Gasteiger partial charge in [-0.05, 0) is 60.5 Å². The van der Waals surface area contributed by atoms with Crippen molar-refractivity contribution in [3.8, 4) is 0 Å². The average Bonchev–Trinajstić information content (AvgIpc) is 3.41. The predicted octanol–water partition coefficient (Wildman–Crippen LogP) is 4.82. The number of nitrogens with zero attached hydrogens (tertiary/aromatic N) is 2. The van der Waals surface area contributed by atoms with Crippen LogP contribution >= 0.6 is 0 Å². The number of benzene rings is 2. The van der Waals surface area contributed by atoms with Gasteiger partial charge in [-0.2, -0.15) is 0 Å². The van der Waals surface area contributed by atoms with Gasteiger partial charge in [0, 0.05) is 32.1 Å². The molecule has 2 nitrogen and oxygen atoms in total. The summed E-state index contributed by atoms with van der Waals surface area (Å²) in [4.78, 5) is 5.23. The maximum Gasteiger partial charge on any atom is 0.0234 e. The second-order valence-corrected chi connectivity index (χ2v) is 8.62. The fourth-order valence-corrected chi connectivity index (χ4v) is 5.29. The monoisotopic (exact) mass is 358 g/mol. The van der Waals surface area contributed by atoms with E-state index in [0.717, 1.165) is 24.9 Å². The van der Waals surface area contributed by atoms with E-state index in [2.05, 4.69) is 70.5 Å². The molecule has 0 spiro atoms. The van der Waals surface area contributed by atoms with Crippen LogP contribution in [0.1, 0.15) is 36.0 Å². The van der Waals surface area contributed by atoms with Crippen LogP contribution in [0.25, 0.3) is 5.57 Å². The highest BCUT2D eigenvalue weighted by molar-refractivity contribution is 5.70. The van der Waals surface area contributed by atoms with Crippen molar-refractivity contribution in [2.24, 2.45) is 11.8 Å². The van der Waals surface area contributed by atoms with Crippen molar-refractivity contribution in [3.05, 3.63) is 77.4 Å². The summed E-state index contributed by atoms with van der Waals surface area (Å²) >= 11 is 0. The quantitative estimate of drug-likeness (QED) is 0.756. The predicted molar refractivity (Wildman–Crippen MR) is 112 cm³/mol. The number of allylic oxidation sites excluding steroid dienone is 1. The van der Waals surface area contributed by atoms with Crippen LogP contribution in [0.3, 0.4) is 0 Å². The van der Waals surface area contributed by atoms with Gasteiger partial charge in [0.05, 0.1) is 0 Å². The molecule has 2 aliphatic heterocycles. The second kappa shape index (κ2) is 7.61. The molecule has 2 heterocycles. The Hall–Kier alpha value is -1.90. The summed E-state index contributed by atoms with van der Waals surface area (Å²) in [5.41, 5.74) is 5.96. The Morgan fingerprint density at radius 1 is 0.741 bits per heavy atom. The Bertz CT molecular complexity index is 787. The van der Waals surface area contributed by atoms with Crippen LogP contribution in [0.2, 0.25) is 0 Å². The van der Waals surface area contributed by atoms with Gasteiger partial charge in [-0.25, -0.2) is 0 Å². The van der Waals surface area contributed by atoms with E-state index in [4.69, 9.17) is 0 Å². The molecule has 140 valence electrons. The fraction of sp³-hybridized carbons (Fsp3) is 0.440. The van der Waals surface area contributed by atoms with Gasteiger partial charge >= 0.3 is 0 Å². The molecule has 2 aromatic carbocycles. The van der Waals surface area contributed by atoms with Gasteiger partial charge in [-0.15, -0.1) is 0 Å². The van der Waals surface area contributed by atoms with Crippen LogP contribution in [0.15, 0.2) is 60.7 Å². The second-order valence-electron chi connectivity index (χ2n) is 8.62. The van der Waals surface area contributed by atoms with Crippen LogP contribution in [0.4, 0.5) is 0 Å². The van der Waals surface area contributed by atoms with E-state index in [1.165, 1.54) is 62.1 Å². The van der Waals surface area contributed by atoms with Crippen LogP contribution < -0.4 is 0 Å². The van der Waals surface area contributed by atoms with Crippen molar-refractivity contribution in [3.63, 3.8) is 0 Å². The van der Waals surface area contributed by atoms with Gasteiger partial charge in [0.2, 0.25) is 0 Å². The number of fused-ring (bicyclic) bond motifs is 1. The lowest BCUT2D eigenvalue weighted by molar-refractivity contribution is 0.315. The first-order valence-electron chi connectivity index (χ1n) is 10.6. The largest absolute Gasteiger partial charge is 0.299 e. The van der Waals surface area contributed by atoms with Crippen LogP contribution in [0, 0.1) is 11.8 Å². The standard InChI is InChI=1S/C25H30N2/c1-2-6-20(7-3-1)17-27-18-23-12-13-24(25(23)19-27)22-10-8-21(9-11-22)16-26-14-4-5-15-26/h1-3,6-11,13,23,25H,4-5,12,14-19H2/t23-,25?/m1/s1. The molecular formula is C25H30N2. The van der Waals surface area contributed by atoms with E-state index in [-0.39, 0.29) is 0 Å². The molecule has 27 heavy (non-hydrogen) atoms. The Morgan fingerprint density at radius 3 is 2.22 bits per heavy atom. The summed E-state index contributed by atoms with van der Waals surface area (Å²) in [6.07, 6.45) is 6.51. The number of hydrogen-bond donors (Lipinski definition) is 0. The van der Waals surface area contributed by atoms with Gasteiger partial charge in [0.25, 0.3) is 0 Å². The van der Waals surface area contributed by atoms with E-state index in [1.54, 1.807) is 5.57 Å². The molecule has 0 amide bonds. The minimum atomic E-state index is 0.721. The van der Waals surface area contributed by atoms with E-state index in [1.807, 2.05) is 0 Å². The lowest BCUT2D eigenvalue weighted by atomic mass is 9.90. The Morgan fingerprint density at radius 2 is 1.44 bits per heavy atom. The zero-order chi connectivity index (χ0) is 18.1. The zero-order valence-electron chi connectivity index (χ0n) is 16.2. The van der Waals surface area contributed by atoms with Crippen LogP contribution in [0.5, 0.6) is 0 Å². The first-order chi connectivity index (χ1) is 13.3. The molecule has 2 atom stereocenters. The lowest BCUT2D eigenvalue weighted by Gasteiger charge is -2.18. The van der Waals surface area contributed by atoms with Gasteiger partial charge < -0.3 is 0 Å². The Kier molecular flexibility index (Phi) is 4.85. The molecule has 1 aliphatic carbocycles. The first kappa shape index (κ1) is 17.2. The molecule has 0 N–H and O–H groups in total. The van der Waals surface area contributed by atoms with E-state index < -0.39 is 0 Å². The van der Waals surface area contributed by atoms with Crippen molar-refractivity contribution < 1.29 is 0 Å². The Labute approximate surface area is 163 Å². The summed E-state index contributed by atoms with van der Waals surface area (Å²) in [6.45, 7) is 7.21. The van der Waals surface area contributed by atoms with Crippen LogP contribution in [-0.4, -0.2) is 36.0 Å². The maximum atomic E-state index is 2.65. The van der Waals surface area contributed by atoms with Crippen molar-refractivity contribution in [1.82, 2.24) is 9.80 Å². The van der Waals surface area contributed by atoms with Gasteiger partial charge in [0.1, 0.15) is 0 Å². The summed E-state index contributed by atoms with van der Waals surface area (Å²) in [5.74, 6) is 1.53. The average molecular weight is 359 g/mol. The van der Waals surface area contributed by atoms with Crippen molar-refractivity contribution in [2.45, 2.75) is 32.4 Å². The Balaban J connectivity index is 1.23. The fourth-order valence-electron chi connectivity index (χ4n) is 5.29. The molecule has 5 rings (SSSR count). The summed E-state index contributed by atoms with van der Waals surface area (Å²) < 4.78 is 0. The molecule has 2 saturated heterocycles. The highest BCUT2D eigenvalue weighted by Gasteiger charge is 2.38. The SMILES string of the molecule is C1=C(c2ccc(CN3CCCC3)cc2)C2CN(Cc3ccccc3)C[C@H]2C1. The molecule has 0 bridgehead atoms. The highest BCUT2D eigenvalue weighted by Crippen LogP contribution is 2.43. The van der Waals surface area contributed by atoms with E-state index in [0.29, 0.717) is 0 Å². The molecule has 2 fully saturated rings. The summed E-state index contributed by atoms with van der Waals surface area (Å²) in [7, 11) is 0. The van der Waals surface area contributed by atoms with E-state index in [9.17, 15) is 0 Å². The number of hydrogen-bond acceptors (Lipinski definition) is 2. The van der Waals surface area contributed by atoms with Gasteiger partial charge in [0.15, 0.2) is 0 Å². The van der Waals surface area contributed by atoms with Gasteiger partial charge in [-0.1, -0.05) is 60.7 Å². The highest BCUT2D eigenvalue weighted by atomic mass is 15.2. The minimum Gasteiger partial charge on any atom is -0.299 e. The molecule has 2 aromatic rings. The molecular weight excluding hydrogens is 328 g/mol. The number of rotatable bonds is 5. The lowest BCUT2D eigenvalue weighted by Crippen LogP contribution is -2.21. The van der Waals surface area contributed by atoms with E-state index >= 15 is 0 Å². The molecule has 2 heteroatoms. The summed E-state index contributed by atoms with van der Waals surface area (Å²) in [5, 5.41) is 0.